The summed E-state index contributed by atoms with van der Waals surface area (Å²) in [6, 6.07) is 10.2. The molecular weight excluding hydrogens is 389 g/mol. The monoisotopic (exact) mass is 411 g/mol. The number of aliphatic hydroxyl groups excluding tert-OH is 1. The van der Waals surface area contributed by atoms with Gasteiger partial charge in [-0.2, -0.15) is 0 Å². The maximum Gasteiger partial charge on any atom is 0.167 e. The van der Waals surface area contributed by atoms with Crippen molar-refractivity contribution in [2.24, 2.45) is 0 Å². The van der Waals surface area contributed by atoms with E-state index in [0.29, 0.717) is 23.6 Å². The Kier molecular flexibility index (Phi) is 7.68. The van der Waals surface area contributed by atoms with Crippen LogP contribution in [0.15, 0.2) is 40.9 Å². The molecule has 25 heavy (non-hydrogen) atoms. The first kappa shape index (κ1) is 19.7. The van der Waals surface area contributed by atoms with Crippen molar-refractivity contribution in [1.82, 2.24) is 5.32 Å². The van der Waals surface area contributed by atoms with E-state index in [9.17, 15) is 9.50 Å². The first-order valence-electron chi connectivity index (χ1n) is 8.16. The van der Waals surface area contributed by atoms with E-state index in [1.54, 1.807) is 31.4 Å². The summed E-state index contributed by atoms with van der Waals surface area (Å²) >= 11 is 3.53. The zero-order valence-electron chi connectivity index (χ0n) is 14.4. The molecule has 2 rings (SSSR count). The van der Waals surface area contributed by atoms with E-state index < -0.39 is 0 Å². The first-order valence-corrected chi connectivity index (χ1v) is 8.95. The van der Waals surface area contributed by atoms with Crippen LogP contribution in [0.1, 0.15) is 24.5 Å². The van der Waals surface area contributed by atoms with Crippen LogP contribution in [0.4, 0.5) is 4.39 Å². The molecule has 1 atom stereocenters. The predicted molar refractivity (Wildman–Crippen MR) is 99.4 cm³/mol. The fraction of sp³-hybridized carbons (Fsp3) is 0.368. The smallest absolute Gasteiger partial charge is 0.167 e. The second-order valence-corrected chi connectivity index (χ2v) is 6.46. The Morgan fingerprint density at radius 2 is 2.00 bits per heavy atom. The minimum Gasteiger partial charge on any atom is -0.493 e. The van der Waals surface area contributed by atoms with Gasteiger partial charge in [0.25, 0.3) is 0 Å². The molecule has 0 aliphatic rings. The minimum atomic E-state index is -0.303. The molecule has 0 aliphatic heterocycles. The van der Waals surface area contributed by atoms with Gasteiger partial charge in [0.1, 0.15) is 12.4 Å². The molecule has 6 heteroatoms. The lowest BCUT2D eigenvalue weighted by atomic mass is 10.1. The molecule has 0 amide bonds. The van der Waals surface area contributed by atoms with Gasteiger partial charge in [0.15, 0.2) is 11.5 Å². The van der Waals surface area contributed by atoms with Crippen LogP contribution in [0.5, 0.6) is 11.5 Å². The number of methoxy groups -OCH3 is 1. The lowest BCUT2D eigenvalue weighted by Gasteiger charge is -2.19. The van der Waals surface area contributed by atoms with E-state index in [2.05, 4.69) is 21.2 Å². The fourth-order valence-electron chi connectivity index (χ4n) is 2.42. The van der Waals surface area contributed by atoms with Crippen molar-refractivity contribution in [3.05, 3.63) is 57.8 Å². The number of rotatable bonds is 9. The van der Waals surface area contributed by atoms with E-state index >= 15 is 0 Å². The number of aliphatic hydroxyl groups is 1. The number of ether oxygens (including phenoxy) is 2. The molecule has 0 fully saturated rings. The fourth-order valence-corrected chi connectivity index (χ4v) is 2.87. The quantitative estimate of drug-likeness (QED) is 0.653. The van der Waals surface area contributed by atoms with E-state index in [4.69, 9.17) is 9.47 Å². The summed E-state index contributed by atoms with van der Waals surface area (Å²) in [5.41, 5.74) is 1.34. The second kappa shape index (κ2) is 9.75. The highest BCUT2D eigenvalue weighted by Gasteiger charge is 2.16. The molecule has 2 aromatic rings. The van der Waals surface area contributed by atoms with Crippen LogP contribution in [0.25, 0.3) is 0 Å². The largest absolute Gasteiger partial charge is 0.493 e. The van der Waals surface area contributed by atoms with Crippen LogP contribution >= 0.6 is 15.9 Å². The van der Waals surface area contributed by atoms with Crippen molar-refractivity contribution < 1.29 is 19.0 Å². The third kappa shape index (κ3) is 5.17. The number of hydrogen-bond donors (Lipinski definition) is 2. The Balaban J connectivity index is 2.24. The van der Waals surface area contributed by atoms with Crippen LogP contribution in [0.2, 0.25) is 0 Å². The van der Waals surface area contributed by atoms with Crippen molar-refractivity contribution in [2.75, 3.05) is 13.7 Å². The standard InChI is InChI=1S/C19H23BrFNO3/c1-3-14(11-23)22-10-15-16(20)8-9-18(24-2)19(15)25-12-13-6-4-5-7-17(13)21/h4-9,14,22-23H,3,10-12H2,1-2H3. The van der Waals surface area contributed by atoms with Crippen molar-refractivity contribution in [3.8, 4) is 11.5 Å². The number of hydrogen-bond acceptors (Lipinski definition) is 4. The molecular formula is C19H23BrFNO3. The molecule has 2 N–H and O–H groups in total. The molecule has 0 bridgehead atoms. The molecule has 0 aromatic heterocycles. The summed E-state index contributed by atoms with van der Waals surface area (Å²) in [5.74, 6) is 0.830. The van der Waals surface area contributed by atoms with Crippen molar-refractivity contribution >= 4 is 15.9 Å². The normalized spacial score (nSPS) is 12.0. The Morgan fingerprint density at radius 1 is 1.24 bits per heavy atom. The minimum absolute atomic E-state index is 0.00230. The van der Waals surface area contributed by atoms with Crippen LogP contribution in [-0.4, -0.2) is 24.9 Å². The summed E-state index contributed by atoms with van der Waals surface area (Å²) in [4.78, 5) is 0. The van der Waals surface area contributed by atoms with Gasteiger partial charge in [0, 0.05) is 28.2 Å². The Labute approximate surface area is 156 Å². The van der Waals surface area contributed by atoms with Gasteiger partial charge in [0.2, 0.25) is 0 Å². The number of benzene rings is 2. The van der Waals surface area contributed by atoms with Gasteiger partial charge in [0.05, 0.1) is 13.7 Å². The SMILES string of the molecule is CCC(CO)NCc1c(Br)ccc(OC)c1OCc1ccccc1F. The van der Waals surface area contributed by atoms with Crippen LogP contribution < -0.4 is 14.8 Å². The van der Waals surface area contributed by atoms with Gasteiger partial charge in [-0.1, -0.05) is 41.1 Å². The molecule has 0 radical (unpaired) electrons. The molecule has 0 saturated heterocycles. The van der Waals surface area contributed by atoms with Crippen LogP contribution in [0.3, 0.4) is 0 Å². The number of nitrogens with one attached hydrogen (secondary N) is 1. The average molecular weight is 412 g/mol. The van der Waals surface area contributed by atoms with Crippen LogP contribution in [-0.2, 0) is 13.2 Å². The molecule has 0 heterocycles. The van der Waals surface area contributed by atoms with Gasteiger partial charge < -0.3 is 19.9 Å². The zero-order valence-corrected chi connectivity index (χ0v) is 16.0. The van der Waals surface area contributed by atoms with Crippen molar-refractivity contribution in [2.45, 2.75) is 32.5 Å². The van der Waals surface area contributed by atoms with Crippen LogP contribution in [0, 0.1) is 5.82 Å². The lowest BCUT2D eigenvalue weighted by Crippen LogP contribution is -2.31. The van der Waals surface area contributed by atoms with Gasteiger partial charge in [-0.3, -0.25) is 0 Å². The molecule has 0 spiro atoms. The van der Waals surface area contributed by atoms with Gasteiger partial charge in [-0.25, -0.2) is 4.39 Å². The maximum absolute atomic E-state index is 13.8. The maximum atomic E-state index is 13.8. The Bertz CT molecular complexity index is 692. The average Bonchev–Trinajstić information content (AvgIpc) is 2.63. The van der Waals surface area contributed by atoms with Crippen molar-refractivity contribution in [1.29, 1.82) is 0 Å². The van der Waals surface area contributed by atoms with Gasteiger partial charge in [-0.15, -0.1) is 0 Å². The molecule has 0 saturated carbocycles. The summed E-state index contributed by atoms with van der Waals surface area (Å²) in [5, 5.41) is 12.6. The zero-order chi connectivity index (χ0) is 18.2. The van der Waals surface area contributed by atoms with Gasteiger partial charge in [-0.05, 0) is 24.6 Å². The summed E-state index contributed by atoms with van der Waals surface area (Å²) in [7, 11) is 1.57. The highest BCUT2D eigenvalue weighted by Crippen LogP contribution is 2.37. The Morgan fingerprint density at radius 3 is 2.64 bits per heavy atom. The summed E-state index contributed by atoms with van der Waals surface area (Å²) in [6.45, 7) is 2.65. The van der Waals surface area contributed by atoms with E-state index in [-0.39, 0.29) is 25.1 Å². The number of halogens is 2. The highest BCUT2D eigenvalue weighted by atomic mass is 79.9. The predicted octanol–water partition coefficient (Wildman–Crippen LogP) is 4.04. The van der Waals surface area contributed by atoms with E-state index in [1.165, 1.54) is 6.07 Å². The lowest BCUT2D eigenvalue weighted by molar-refractivity contribution is 0.236. The third-order valence-electron chi connectivity index (χ3n) is 4.00. The Hall–Kier alpha value is -1.63. The van der Waals surface area contributed by atoms with Crippen molar-refractivity contribution in [3.63, 3.8) is 0 Å². The first-order chi connectivity index (χ1) is 12.1. The molecule has 4 nitrogen and oxygen atoms in total. The highest BCUT2D eigenvalue weighted by molar-refractivity contribution is 9.10. The summed E-state index contributed by atoms with van der Waals surface area (Å²) in [6.07, 6.45) is 0.809. The molecule has 136 valence electrons. The molecule has 0 aliphatic carbocycles. The summed E-state index contributed by atoms with van der Waals surface area (Å²) < 4.78 is 26.0. The van der Waals surface area contributed by atoms with Gasteiger partial charge >= 0.3 is 0 Å². The van der Waals surface area contributed by atoms with E-state index in [1.807, 2.05) is 13.0 Å². The second-order valence-electron chi connectivity index (χ2n) is 5.61. The topological polar surface area (TPSA) is 50.7 Å². The molecule has 2 aromatic carbocycles. The third-order valence-corrected chi connectivity index (χ3v) is 4.74. The van der Waals surface area contributed by atoms with E-state index in [0.717, 1.165) is 16.5 Å². The molecule has 1 unspecified atom stereocenters.